The van der Waals surface area contributed by atoms with Crippen LogP contribution in [-0.4, -0.2) is 19.5 Å². The first-order valence-electron chi connectivity index (χ1n) is 7.29. The standard InChI is InChI=1S/C16H19N5/c1-2-3-9-13-19-15(17)14-16(20-13)21(11-18-14)10-12-7-5-4-6-8-12/h4-8,11H,2-3,9-10H2,1H3,(H2,17,19,20). The van der Waals surface area contributed by atoms with Gasteiger partial charge in [-0.25, -0.2) is 15.0 Å². The molecule has 1 aromatic carbocycles. The maximum absolute atomic E-state index is 6.01. The van der Waals surface area contributed by atoms with E-state index < -0.39 is 0 Å². The average molecular weight is 281 g/mol. The zero-order chi connectivity index (χ0) is 14.7. The number of benzene rings is 1. The van der Waals surface area contributed by atoms with Gasteiger partial charge in [0.25, 0.3) is 0 Å². The molecule has 0 saturated carbocycles. The van der Waals surface area contributed by atoms with Crippen LogP contribution in [0.25, 0.3) is 11.2 Å². The van der Waals surface area contributed by atoms with Crippen LogP contribution in [-0.2, 0) is 13.0 Å². The second kappa shape index (κ2) is 5.91. The number of rotatable bonds is 5. The Hall–Kier alpha value is -2.43. The Labute approximate surface area is 123 Å². The van der Waals surface area contributed by atoms with E-state index in [1.54, 1.807) is 6.33 Å². The molecule has 21 heavy (non-hydrogen) atoms. The average Bonchev–Trinajstić information content (AvgIpc) is 2.90. The monoisotopic (exact) mass is 281 g/mol. The molecule has 0 unspecified atom stereocenters. The number of nitrogen functional groups attached to an aromatic ring is 1. The highest BCUT2D eigenvalue weighted by molar-refractivity contribution is 5.81. The topological polar surface area (TPSA) is 69.6 Å². The summed E-state index contributed by atoms with van der Waals surface area (Å²) in [6.07, 6.45) is 4.82. The molecule has 0 atom stereocenters. The highest BCUT2D eigenvalue weighted by Crippen LogP contribution is 2.18. The van der Waals surface area contributed by atoms with Gasteiger partial charge in [-0.15, -0.1) is 0 Å². The van der Waals surface area contributed by atoms with Crippen LogP contribution in [0.15, 0.2) is 36.7 Å². The van der Waals surface area contributed by atoms with Crippen molar-refractivity contribution >= 4 is 17.0 Å². The predicted molar refractivity (Wildman–Crippen MR) is 83.9 cm³/mol. The molecule has 0 spiro atoms. The fraction of sp³-hybridized carbons (Fsp3) is 0.312. The Morgan fingerprint density at radius 2 is 1.95 bits per heavy atom. The van der Waals surface area contributed by atoms with E-state index in [0.717, 1.165) is 37.3 Å². The van der Waals surface area contributed by atoms with E-state index in [9.17, 15) is 0 Å². The summed E-state index contributed by atoms with van der Waals surface area (Å²) in [5.74, 6) is 1.27. The Morgan fingerprint density at radius 3 is 2.71 bits per heavy atom. The minimum absolute atomic E-state index is 0.470. The van der Waals surface area contributed by atoms with E-state index in [4.69, 9.17) is 5.73 Å². The van der Waals surface area contributed by atoms with Crippen LogP contribution in [0, 0.1) is 0 Å². The van der Waals surface area contributed by atoms with Crippen LogP contribution < -0.4 is 5.73 Å². The Morgan fingerprint density at radius 1 is 1.14 bits per heavy atom. The van der Waals surface area contributed by atoms with Gasteiger partial charge >= 0.3 is 0 Å². The first-order valence-corrected chi connectivity index (χ1v) is 7.29. The van der Waals surface area contributed by atoms with Crippen molar-refractivity contribution in [2.45, 2.75) is 32.7 Å². The number of hydrogen-bond donors (Lipinski definition) is 1. The van der Waals surface area contributed by atoms with E-state index in [2.05, 4.69) is 34.0 Å². The van der Waals surface area contributed by atoms with Crippen LogP contribution in [0.3, 0.4) is 0 Å². The van der Waals surface area contributed by atoms with Crippen LogP contribution in [0.1, 0.15) is 31.2 Å². The van der Waals surface area contributed by atoms with Crippen LogP contribution in [0.5, 0.6) is 0 Å². The summed E-state index contributed by atoms with van der Waals surface area (Å²) in [4.78, 5) is 13.3. The van der Waals surface area contributed by atoms with Gasteiger partial charge in [0.1, 0.15) is 11.3 Å². The predicted octanol–water partition coefficient (Wildman–Crippen LogP) is 2.80. The van der Waals surface area contributed by atoms with E-state index in [0.29, 0.717) is 11.3 Å². The van der Waals surface area contributed by atoms with Gasteiger partial charge in [0, 0.05) is 6.42 Å². The second-order valence-corrected chi connectivity index (χ2v) is 5.16. The maximum Gasteiger partial charge on any atom is 0.166 e. The van der Waals surface area contributed by atoms with E-state index in [1.807, 2.05) is 22.8 Å². The summed E-state index contributed by atoms with van der Waals surface area (Å²) >= 11 is 0. The van der Waals surface area contributed by atoms with Gasteiger partial charge in [0.15, 0.2) is 11.5 Å². The SMILES string of the molecule is CCCCc1nc(N)c2ncn(Cc3ccccc3)c2n1. The molecule has 3 aromatic rings. The number of aryl methyl sites for hydroxylation is 1. The largest absolute Gasteiger partial charge is 0.382 e. The lowest BCUT2D eigenvalue weighted by molar-refractivity contribution is 0.749. The molecule has 2 aromatic heterocycles. The van der Waals surface area contributed by atoms with Crippen molar-refractivity contribution < 1.29 is 0 Å². The van der Waals surface area contributed by atoms with Crippen LogP contribution >= 0.6 is 0 Å². The maximum atomic E-state index is 6.01. The molecular weight excluding hydrogens is 262 g/mol. The summed E-state index contributed by atoms with van der Waals surface area (Å²) in [5.41, 5.74) is 8.72. The highest BCUT2D eigenvalue weighted by atomic mass is 15.1. The molecule has 0 aliphatic heterocycles. The van der Waals surface area contributed by atoms with Gasteiger partial charge in [-0.1, -0.05) is 43.7 Å². The Bertz CT molecular complexity index is 733. The van der Waals surface area contributed by atoms with Crippen LogP contribution in [0.4, 0.5) is 5.82 Å². The van der Waals surface area contributed by atoms with Crippen molar-refractivity contribution in [3.8, 4) is 0 Å². The molecule has 0 fully saturated rings. The van der Waals surface area contributed by atoms with Crippen molar-refractivity contribution in [2.24, 2.45) is 0 Å². The molecule has 0 radical (unpaired) electrons. The molecule has 108 valence electrons. The fourth-order valence-electron chi connectivity index (χ4n) is 2.36. The zero-order valence-electron chi connectivity index (χ0n) is 12.2. The minimum Gasteiger partial charge on any atom is -0.382 e. The van der Waals surface area contributed by atoms with Crippen molar-refractivity contribution in [1.29, 1.82) is 0 Å². The quantitative estimate of drug-likeness (QED) is 0.780. The molecule has 5 heteroatoms. The minimum atomic E-state index is 0.470. The third-order valence-corrected chi connectivity index (χ3v) is 3.49. The third kappa shape index (κ3) is 2.86. The van der Waals surface area contributed by atoms with Gasteiger partial charge < -0.3 is 10.3 Å². The van der Waals surface area contributed by atoms with E-state index in [-0.39, 0.29) is 0 Å². The zero-order valence-corrected chi connectivity index (χ0v) is 12.2. The summed E-state index contributed by atoms with van der Waals surface area (Å²) in [6.45, 7) is 2.89. The lowest BCUT2D eigenvalue weighted by Gasteiger charge is -2.06. The molecule has 0 saturated heterocycles. The number of anilines is 1. The molecule has 5 nitrogen and oxygen atoms in total. The van der Waals surface area contributed by atoms with Crippen molar-refractivity contribution in [1.82, 2.24) is 19.5 Å². The molecule has 3 rings (SSSR count). The van der Waals surface area contributed by atoms with E-state index >= 15 is 0 Å². The molecule has 0 aliphatic carbocycles. The Kier molecular flexibility index (Phi) is 3.81. The third-order valence-electron chi connectivity index (χ3n) is 3.49. The smallest absolute Gasteiger partial charge is 0.166 e. The summed E-state index contributed by atoms with van der Waals surface area (Å²) in [7, 11) is 0. The number of nitrogens with two attached hydrogens (primary N) is 1. The molecule has 2 N–H and O–H groups in total. The van der Waals surface area contributed by atoms with E-state index in [1.165, 1.54) is 5.56 Å². The first-order chi connectivity index (χ1) is 10.3. The van der Waals surface area contributed by atoms with Gasteiger partial charge in [-0.05, 0) is 12.0 Å². The fourth-order valence-corrected chi connectivity index (χ4v) is 2.36. The van der Waals surface area contributed by atoms with Crippen molar-refractivity contribution in [3.63, 3.8) is 0 Å². The molecule has 0 aliphatic rings. The van der Waals surface area contributed by atoms with Crippen LogP contribution in [0.2, 0.25) is 0 Å². The van der Waals surface area contributed by atoms with Gasteiger partial charge in [-0.3, -0.25) is 0 Å². The molecule has 0 bridgehead atoms. The Balaban J connectivity index is 1.97. The molecule has 0 amide bonds. The second-order valence-electron chi connectivity index (χ2n) is 5.16. The van der Waals surface area contributed by atoms with Gasteiger partial charge in [-0.2, -0.15) is 0 Å². The van der Waals surface area contributed by atoms with Gasteiger partial charge in [0.2, 0.25) is 0 Å². The number of nitrogens with zero attached hydrogens (tertiary/aromatic N) is 4. The number of fused-ring (bicyclic) bond motifs is 1. The first kappa shape index (κ1) is 13.5. The van der Waals surface area contributed by atoms with Crippen molar-refractivity contribution in [3.05, 3.63) is 48.0 Å². The summed E-state index contributed by atoms with van der Waals surface area (Å²) < 4.78 is 2.03. The number of unbranched alkanes of at least 4 members (excludes halogenated alkanes) is 1. The normalized spacial score (nSPS) is 11.1. The lowest BCUT2D eigenvalue weighted by Crippen LogP contribution is -2.04. The van der Waals surface area contributed by atoms with Crippen molar-refractivity contribution in [2.75, 3.05) is 5.73 Å². The number of imidazole rings is 1. The summed E-state index contributed by atoms with van der Waals surface area (Å²) in [6, 6.07) is 10.3. The molecular formula is C16H19N5. The molecule has 2 heterocycles. The lowest BCUT2D eigenvalue weighted by atomic mass is 10.2. The number of hydrogen-bond acceptors (Lipinski definition) is 4. The summed E-state index contributed by atoms with van der Waals surface area (Å²) in [5, 5.41) is 0. The highest BCUT2D eigenvalue weighted by Gasteiger charge is 2.11. The van der Waals surface area contributed by atoms with Gasteiger partial charge in [0.05, 0.1) is 12.9 Å². The number of aromatic nitrogens is 4.